The molecule has 0 aromatic heterocycles. The first-order valence-corrected chi connectivity index (χ1v) is 9.69. The highest BCUT2D eigenvalue weighted by atomic mass is 19.1. The number of nitrogens with zero attached hydrogens (tertiary/aromatic N) is 3. The van der Waals surface area contributed by atoms with Crippen molar-refractivity contribution >= 4 is 29.3 Å². The number of anilines is 2. The number of cyclic esters (lactones) is 1. The Morgan fingerprint density at radius 3 is 2.67 bits per heavy atom. The summed E-state index contributed by atoms with van der Waals surface area (Å²) in [5, 5.41) is 2.57. The van der Waals surface area contributed by atoms with Gasteiger partial charge in [-0.2, -0.15) is 0 Å². The standard InChI is InChI=1S/C19H26FN5O5/c1-29-12-18(27)24-6-4-23(5-7-24)16-3-2-13(8-15(16)20)25-11-14(30-19(25)28)10-22-17(26)9-21/h2-3,8,14H,4-7,9-12,21H2,1H3,(H,22,26)/t14-/m0/s1. The third kappa shape index (κ3) is 4.97. The van der Waals surface area contributed by atoms with Gasteiger partial charge in [0.15, 0.2) is 0 Å². The first-order chi connectivity index (χ1) is 14.4. The molecule has 3 N–H and O–H groups in total. The topological polar surface area (TPSA) is 117 Å². The van der Waals surface area contributed by atoms with E-state index in [9.17, 15) is 18.8 Å². The molecule has 0 aliphatic carbocycles. The Morgan fingerprint density at radius 2 is 2.03 bits per heavy atom. The second-order valence-electron chi connectivity index (χ2n) is 7.06. The maximum atomic E-state index is 14.8. The lowest BCUT2D eigenvalue weighted by Crippen LogP contribution is -2.50. The molecule has 0 saturated carbocycles. The largest absolute Gasteiger partial charge is 0.442 e. The third-order valence-corrected chi connectivity index (χ3v) is 5.07. The number of carbonyl (C=O) groups is 3. The van der Waals surface area contributed by atoms with E-state index in [0.717, 1.165) is 0 Å². The SMILES string of the molecule is COCC(=O)N1CCN(c2ccc(N3C[C@H](CNC(=O)CN)OC3=O)cc2F)CC1. The van der Waals surface area contributed by atoms with Crippen LogP contribution in [-0.2, 0) is 19.1 Å². The molecule has 1 atom stereocenters. The molecule has 2 aliphatic rings. The number of hydrogen-bond acceptors (Lipinski definition) is 7. The van der Waals surface area contributed by atoms with Crippen molar-refractivity contribution in [3.63, 3.8) is 0 Å². The molecule has 3 amide bonds. The number of nitrogens with two attached hydrogens (primary N) is 1. The number of carbonyl (C=O) groups excluding carboxylic acids is 3. The lowest BCUT2D eigenvalue weighted by Gasteiger charge is -2.36. The van der Waals surface area contributed by atoms with Gasteiger partial charge in [-0.05, 0) is 18.2 Å². The number of benzene rings is 1. The monoisotopic (exact) mass is 423 g/mol. The van der Waals surface area contributed by atoms with Crippen LogP contribution in [0, 0.1) is 5.82 Å². The van der Waals surface area contributed by atoms with Gasteiger partial charge in [0, 0.05) is 33.3 Å². The van der Waals surface area contributed by atoms with Crippen LogP contribution in [0.15, 0.2) is 18.2 Å². The highest BCUT2D eigenvalue weighted by molar-refractivity contribution is 5.90. The second-order valence-corrected chi connectivity index (χ2v) is 7.06. The molecule has 30 heavy (non-hydrogen) atoms. The number of piperazine rings is 1. The van der Waals surface area contributed by atoms with Gasteiger partial charge in [0.2, 0.25) is 11.8 Å². The van der Waals surface area contributed by atoms with E-state index in [1.54, 1.807) is 17.0 Å². The van der Waals surface area contributed by atoms with E-state index in [-0.39, 0.29) is 38.1 Å². The Bertz CT molecular complexity index is 800. The minimum absolute atomic E-state index is 0.0336. The van der Waals surface area contributed by atoms with Crippen molar-refractivity contribution in [1.29, 1.82) is 0 Å². The predicted octanol–water partition coefficient (Wildman–Crippen LogP) is -0.479. The quantitative estimate of drug-likeness (QED) is 0.608. The summed E-state index contributed by atoms with van der Waals surface area (Å²) in [6, 6.07) is 4.57. The Labute approximate surface area is 173 Å². The summed E-state index contributed by atoms with van der Waals surface area (Å²) in [4.78, 5) is 40.2. The number of nitrogens with one attached hydrogen (secondary N) is 1. The molecule has 164 valence electrons. The van der Waals surface area contributed by atoms with Crippen LogP contribution in [0.5, 0.6) is 0 Å². The molecule has 11 heteroatoms. The van der Waals surface area contributed by atoms with Crippen LogP contribution in [-0.4, -0.2) is 88.4 Å². The smallest absolute Gasteiger partial charge is 0.414 e. The van der Waals surface area contributed by atoms with Crippen molar-refractivity contribution in [3.8, 4) is 0 Å². The summed E-state index contributed by atoms with van der Waals surface area (Å²) in [6.07, 6.45) is -1.13. The molecule has 2 heterocycles. The number of hydrogen-bond donors (Lipinski definition) is 2. The van der Waals surface area contributed by atoms with E-state index >= 15 is 0 Å². The normalized spacial score (nSPS) is 19.1. The van der Waals surface area contributed by atoms with Crippen LogP contribution < -0.4 is 20.9 Å². The molecule has 0 unspecified atom stereocenters. The van der Waals surface area contributed by atoms with Crippen molar-refractivity contribution < 1.29 is 28.2 Å². The van der Waals surface area contributed by atoms with E-state index in [2.05, 4.69) is 5.32 Å². The first kappa shape index (κ1) is 21.8. The molecule has 0 radical (unpaired) electrons. The van der Waals surface area contributed by atoms with Crippen LogP contribution in [0.3, 0.4) is 0 Å². The zero-order chi connectivity index (χ0) is 21.7. The lowest BCUT2D eigenvalue weighted by molar-refractivity contribution is -0.135. The van der Waals surface area contributed by atoms with Gasteiger partial charge >= 0.3 is 6.09 Å². The van der Waals surface area contributed by atoms with Crippen LogP contribution in [0.2, 0.25) is 0 Å². The molecule has 1 aromatic carbocycles. The molecule has 10 nitrogen and oxygen atoms in total. The van der Waals surface area contributed by atoms with Crippen molar-refractivity contribution in [1.82, 2.24) is 10.2 Å². The van der Waals surface area contributed by atoms with Gasteiger partial charge in [-0.1, -0.05) is 0 Å². The molecular formula is C19H26FN5O5. The number of rotatable bonds is 7. The molecular weight excluding hydrogens is 397 g/mol. The van der Waals surface area contributed by atoms with E-state index in [0.29, 0.717) is 37.6 Å². The molecule has 3 rings (SSSR count). The first-order valence-electron chi connectivity index (χ1n) is 9.69. The maximum Gasteiger partial charge on any atom is 0.414 e. The summed E-state index contributed by atoms with van der Waals surface area (Å²) in [7, 11) is 1.47. The van der Waals surface area contributed by atoms with Gasteiger partial charge in [0.1, 0.15) is 18.5 Å². The molecule has 2 aliphatic heterocycles. The summed E-state index contributed by atoms with van der Waals surface area (Å²) < 4.78 is 24.9. The van der Waals surface area contributed by atoms with Gasteiger partial charge in [-0.3, -0.25) is 14.5 Å². The van der Waals surface area contributed by atoms with E-state index in [1.807, 2.05) is 4.90 Å². The van der Waals surface area contributed by atoms with Crippen molar-refractivity contribution in [3.05, 3.63) is 24.0 Å². The minimum Gasteiger partial charge on any atom is -0.442 e. The summed E-state index contributed by atoms with van der Waals surface area (Å²) in [5.74, 6) is -0.890. The fraction of sp³-hybridized carbons (Fsp3) is 0.526. The maximum absolute atomic E-state index is 14.8. The van der Waals surface area contributed by atoms with Crippen LogP contribution in [0.1, 0.15) is 0 Å². The Balaban J connectivity index is 1.60. The van der Waals surface area contributed by atoms with Gasteiger partial charge < -0.3 is 30.3 Å². The number of amides is 3. The number of ether oxygens (including phenoxy) is 2. The third-order valence-electron chi connectivity index (χ3n) is 5.07. The second kappa shape index (κ2) is 9.72. The highest BCUT2D eigenvalue weighted by Crippen LogP contribution is 2.28. The van der Waals surface area contributed by atoms with E-state index in [4.69, 9.17) is 15.2 Å². The minimum atomic E-state index is -0.598. The fourth-order valence-corrected chi connectivity index (χ4v) is 3.47. The summed E-state index contributed by atoms with van der Waals surface area (Å²) in [5.41, 5.74) is 6.02. The Hall–Kier alpha value is -2.92. The lowest BCUT2D eigenvalue weighted by atomic mass is 10.2. The van der Waals surface area contributed by atoms with Crippen LogP contribution in [0.25, 0.3) is 0 Å². The zero-order valence-corrected chi connectivity index (χ0v) is 16.8. The molecule has 1 aromatic rings. The Morgan fingerprint density at radius 1 is 1.30 bits per heavy atom. The van der Waals surface area contributed by atoms with Gasteiger partial charge in [-0.15, -0.1) is 0 Å². The molecule has 2 fully saturated rings. The average molecular weight is 423 g/mol. The predicted molar refractivity (Wildman–Crippen MR) is 107 cm³/mol. The van der Waals surface area contributed by atoms with Crippen LogP contribution >= 0.6 is 0 Å². The summed E-state index contributed by atoms with van der Waals surface area (Å²) in [6.45, 7) is 2.20. The van der Waals surface area contributed by atoms with Crippen LogP contribution in [0.4, 0.5) is 20.6 Å². The van der Waals surface area contributed by atoms with Crippen molar-refractivity contribution in [2.45, 2.75) is 6.10 Å². The van der Waals surface area contributed by atoms with Gasteiger partial charge in [-0.25, -0.2) is 9.18 Å². The number of methoxy groups -OCH3 is 1. The van der Waals surface area contributed by atoms with E-state index in [1.165, 1.54) is 18.1 Å². The summed E-state index contributed by atoms with van der Waals surface area (Å²) >= 11 is 0. The fourth-order valence-electron chi connectivity index (χ4n) is 3.47. The van der Waals surface area contributed by atoms with Gasteiger partial charge in [0.05, 0.1) is 31.0 Å². The van der Waals surface area contributed by atoms with Gasteiger partial charge in [0.25, 0.3) is 0 Å². The van der Waals surface area contributed by atoms with Crippen molar-refractivity contribution in [2.24, 2.45) is 5.73 Å². The number of halogens is 1. The highest BCUT2D eigenvalue weighted by Gasteiger charge is 2.33. The van der Waals surface area contributed by atoms with E-state index < -0.39 is 18.0 Å². The average Bonchev–Trinajstić information content (AvgIpc) is 3.12. The molecule has 0 bridgehead atoms. The Kier molecular flexibility index (Phi) is 7.06. The van der Waals surface area contributed by atoms with Crippen molar-refractivity contribution in [2.75, 3.05) is 69.3 Å². The zero-order valence-electron chi connectivity index (χ0n) is 16.8. The molecule has 2 saturated heterocycles. The molecule has 0 spiro atoms.